The van der Waals surface area contributed by atoms with Gasteiger partial charge in [0.2, 0.25) is 0 Å². The molecule has 0 saturated heterocycles. The monoisotopic (exact) mass is 316 g/mol. The summed E-state index contributed by atoms with van der Waals surface area (Å²) in [6.07, 6.45) is 3.15. The minimum Gasteiger partial charge on any atom is -0.390 e. The van der Waals surface area contributed by atoms with Gasteiger partial charge in [-0.3, -0.25) is 4.68 Å². The molecule has 5 heteroatoms. The molecule has 0 aliphatic heterocycles. The Hall–Kier alpha value is -0.390. The Balaban J connectivity index is 2.18. The van der Waals surface area contributed by atoms with Gasteiger partial charge in [0.05, 0.1) is 27.6 Å². The maximum Gasteiger partial charge on any atom is 0.0940 e. The molecule has 0 bridgehead atoms. The molecule has 1 aromatic heterocycles. The fraction of sp³-hybridized carbons (Fsp3) is 0.769. The summed E-state index contributed by atoms with van der Waals surface area (Å²) < 4.78 is 8.49. The summed E-state index contributed by atoms with van der Waals surface area (Å²) in [4.78, 5) is 0. The van der Waals surface area contributed by atoms with Crippen LogP contribution in [0.3, 0.4) is 0 Å². The van der Waals surface area contributed by atoms with Gasteiger partial charge in [-0.1, -0.05) is 0 Å². The maximum absolute atomic E-state index is 10.4. The van der Waals surface area contributed by atoms with E-state index in [4.69, 9.17) is 4.74 Å². The molecule has 0 amide bonds. The molecule has 0 spiro atoms. The minimum atomic E-state index is -0.464. The predicted octanol–water partition coefficient (Wildman–Crippen LogP) is 2.45. The van der Waals surface area contributed by atoms with Crippen LogP contribution in [0.4, 0.5) is 0 Å². The first-order valence-corrected chi connectivity index (χ1v) is 7.28. The van der Waals surface area contributed by atoms with Gasteiger partial charge in [0.1, 0.15) is 0 Å². The number of aromatic nitrogens is 2. The molecule has 0 aromatic carbocycles. The smallest absolute Gasteiger partial charge is 0.0940 e. The van der Waals surface area contributed by atoms with E-state index in [1.807, 2.05) is 11.6 Å². The third-order valence-electron chi connectivity index (χ3n) is 4.05. The van der Waals surface area contributed by atoms with E-state index in [2.05, 4.69) is 28.0 Å². The number of halogens is 1. The first kappa shape index (κ1) is 14.0. The predicted molar refractivity (Wildman–Crippen MR) is 73.6 cm³/mol. The SMILES string of the molecule is CCn1nc(C)c(Br)c1CC(O)C1(OC)CCC1. The summed E-state index contributed by atoms with van der Waals surface area (Å²) >= 11 is 3.56. The third-order valence-corrected chi connectivity index (χ3v) is 5.08. The Morgan fingerprint density at radius 3 is 2.67 bits per heavy atom. The zero-order chi connectivity index (χ0) is 13.3. The molecule has 1 atom stereocenters. The van der Waals surface area contributed by atoms with Gasteiger partial charge in [-0.15, -0.1) is 0 Å². The number of ether oxygens (including phenoxy) is 1. The number of rotatable bonds is 5. The van der Waals surface area contributed by atoms with Crippen LogP contribution in [0.5, 0.6) is 0 Å². The van der Waals surface area contributed by atoms with Gasteiger partial charge in [-0.05, 0) is 49.0 Å². The van der Waals surface area contributed by atoms with Gasteiger partial charge in [-0.25, -0.2) is 0 Å². The van der Waals surface area contributed by atoms with Crippen molar-refractivity contribution < 1.29 is 9.84 Å². The largest absolute Gasteiger partial charge is 0.390 e. The van der Waals surface area contributed by atoms with Crippen LogP contribution in [-0.2, 0) is 17.7 Å². The highest BCUT2D eigenvalue weighted by atomic mass is 79.9. The molecular formula is C13H21BrN2O2. The van der Waals surface area contributed by atoms with Gasteiger partial charge < -0.3 is 9.84 Å². The Labute approximate surface area is 116 Å². The second kappa shape index (κ2) is 5.31. The Kier molecular flexibility index (Phi) is 4.14. The van der Waals surface area contributed by atoms with Gasteiger partial charge in [0.15, 0.2) is 0 Å². The number of hydrogen-bond donors (Lipinski definition) is 1. The van der Waals surface area contributed by atoms with Crippen molar-refractivity contribution >= 4 is 15.9 Å². The molecule has 18 heavy (non-hydrogen) atoms. The van der Waals surface area contributed by atoms with E-state index < -0.39 is 6.10 Å². The summed E-state index contributed by atoms with van der Waals surface area (Å²) in [5.74, 6) is 0. The van der Waals surface area contributed by atoms with Crippen LogP contribution >= 0.6 is 15.9 Å². The van der Waals surface area contributed by atoms with Crippen LogP contribution in [0.2, 0.25) is 0 Å². The van der Waals surface area contributed by atoms with Gasteiger partial charge >= 0.3 is 0 Å². The van der Waals surface area contributed by atoms with Gasteiger partial charge in [0, 0.05) is 20.1 Å². The normalized spacial score (nSPS) is 19.6. The molecule has 2 rings (SSSR count). The van der Waals surface area contributed by atoms with Crippen LogP contribution in [-0.4, -0.2) is 33.7 Å². The number of methoxy groups -OCH3 is 1. The molecule has 1 fully saturated rings. The standard InChI is InChI=1S/C13H21BrN2O2/c1-4-16-10(12(14)9(2)15-16)8-11(17)13(18-3)6-5-7-13/h11,17H,4-8H2,1-3H3. The van der Waals surface area contributed by atoms with Crippen molar-refractivity contribution in [1.29, 1.82) is 0 Å². The molecule has 1 aliphatic carbocycles. The Morgan fingerprint density at radius 1 is 1.56 bits per heavy atom. The molecule has 102 valence electrons. The summed E-state index contributed by atoms with van der Waals surface area (Å²) in [5, 5.41) is 14.9. The van der Waals surface area contributed by atoms with Crippen molar-refractivity contribution in [3.63, 3.8) is 0 Å². The molecular weight excluding hydrogens is 296 g/mol. The van der Waals surface area contributed by atoms with Crippen molar-refractivity contribution in [2.45, 2.75) is 57.8 Å². The molecule has 1 N–H and O–H groups in total. The van der Waals surface area contributed by atoms with E-state index in [9.17, 15) is 5.11 Å². The summed E-state index contributed by atoms with van der Waals surface area (Å²) in [5.41, 5.74) is 1.70. The topological polar surface area (TPSA) is 47.3 Å². The van der Waals surface area contributed by atoms with Crippen LogP contribution in [0.1, 0.15) is 37.6 Å². The second-order valence-electron chi connectivity index (χ2n) is 5.00. The summed E-state index contributed by atoms with van der Waals surface area (Å²) in [6, 6.07) is 0. The molecule has 1 aromatic rings. The molecule has 1 aliphatic rings. The van der Waals surface area contributed by atoms with Crippen LogP contribution in [0.15, 0.2) is 4.47 Å². The quantitative estimate of drug-likeness (QED) is 0.907. The summed E-state index contributed by atoms with van der Waals surface area (Å²) in [7, 11) is 1.69. The van der Waals surface area contributed by atoms with Gasteiger partial charge in [0.25, 0.3) is 0 Å². The highest BCUT2D eigenvalue weighted by molar-refractivity contribution is 9.10. The molecule has 1 unspecified atom stereocenters. The van der Waals surface area contributed by atoms with Crippen LogP contribution < -0.4 is 0 Å². The number of aliphatic hydroxyl groups excluding tert-OH is 1. The van der Waals surface area contributed by atoms with Crippen molar-refractivity contribution in [2.75, 3.05) is 7.11 Å². The molecule has 4 nitrogen and oxygen atoms in total. The Bertz CT molecular complexity index is 421. The molecule has 1 heterocycles. The molecule has 1 saturated carbocycles. The molecule has 0 radical (unpaired) electrons. The van der Waals surface area contributed by atoms with Crippen LogP contribution in [0.25, 0.3) is 0 Å². The number of nitrogens with zero attached hydrogens (tertiary/aromatic N) is 2. The van der Waals surface area contributed by atoms with E-state index in [-0.39, 0.29) is 5.60 Å². The second-order valence-corrected chi connectivity index (χ2v) is 5.80. The average molecular weight is 317 g/mol. The van der Waals surface area contributed by atoms with E-state index in [1.54, 1.807) is 7.11 Å². The van der Waals surface area contributed by atoms with Crippen molar-refractivity contribution in [3.8, 4) is 0 Å². The summed E-state index contributed by atoms with van der Waals surface area (Å²) in [6.45, 7) is 4.85. The van der Waals surface area contributed by atoms with E-state index in [1.165, 1.54) is 0 Å². The zero-order valence-electron chi connectivity index (χ0n) is 11.2. The lowest BCUT2D eigenvalue weighted by atomic mass is 9.74. The minimum absolute atomic E-state index is 0.337. The lowest BCUT2D eigenvalue weighted by Crippen LogP contribution is -2.51. The fourth-order valence-electron chi connectivity index (χ4n) is 2.63. The lowest BCUT2D eigenvalue weighted by Gasteiger charge is -2.44. The van der Waals surface area contributed by atoms with Crippen molar-refractivity contribution in [1.82, 2.24) is 9.78 Å². The van der Waals surface area contributed by atoms with Crippen LogP contribution in [0, 0.1) is 6.92 Å². The highest BCUT2D eigenvalue weighted by Gasteiger charge is 2.44. The van der Waals surface area contributed by atoms with E-state index in [0.29, 0.717) is 6.42 Å². The first-order chi connectivity index (χ1) is 8.54. The van der Waals surface area contributed by atoms with E-state index in [0.717, 1.165) is 41.7 Å². The number of aliphatic hydroxyl groups is 1. The first-order valence-electron chi connectivity index (χ1n) is 6.49. The zero-order valence-corrected chi connectivity index (χ0v) is 12.8. The average Bonchev–Trinajstić information content (AvgIpc) is 2.56. The fourth-order valence-corrected chi connectivity index (χ4v) is 3.08. The van der Waals surface area contributed by atoms with E-state index >= 15 is 0 Å². The number of hydrogen-bond acceptors (Lipinski definition) is 3. The Morgan fingerprint density at radius 2 is 2.22 bits per heavy atom. The van der Waals surface area contributed by atoms with Gasteiger partial charge in [-0.2, -0.15) is 5.10 Å². The highest BCUT2D eigenvalue weighted by Crippen LogP contribution is 2.39. The maximum atomic E-state index is 10.4. The third kappa shape index (κ3) is 2.24. The van der Waals surface area contributed by atoms with Crippen molar-refractivity contribution in [2.24, 2.45) is 0 Å². The number of aryl methyl sites for hydroxylation is 2. The van der Waals surface area contributed by atoms with Crippen molar-refractivity contribution in [3.05, 3.63) is 15.9 Å². The lowest BCUT2D eigenvalue weighted by molar-refractivity contribution is -0.149.